The van der Waals surface area contributed by atoms with Gasteiger partial charge >= 0.3 is 5.97 Å². The quantitative estimate of drug-likeness (QED) is 0.704. The van der Waals surface area contributed by atoms with Gasteiger partial charge in [-0.05, 0) is 32.9 Å². The number of thiocarbonyl (C=S) groups is 1. The summed E-state index contributed by atoms with van der Waals surface area (Å²) in [4.78, 5) is 13.3. The molecule has 0 saturated carbocycles. The van der Waals surface area contributed by atoms with Gasteiger partial charge < -0.3 is 10.8 Å². The third kappa shape index (κ3) is 2.66. The Labute approximate surface area is 95.4 Å². The van der Waals surface area contributed by atoms with Crippen LogP contribution >= 0.6 is 12.2 Å². The first-order valence-corrected chi connectivity index (χ1v) is 5.54. The van der Waals surface area contributed by atoms with Gasteiger partial charge in [0, 0.05) is 5.41 Å². The van der Waals surface area contributed by atoms with E-state index in [1.807, 2.05) is 4.90 Å². The van der Waals surface area contributed by atoms with Crippen molar-refractivity contribution in [2.75, 3.05) is 13.1 Å². The fourth-order valence-corrected chi connectivity index (χ4v) is 2.01. The van der Waals surface area contributed by atoms with Crippen molar-refractivity contribution < 1.29 is 9.90 Å². The van der Waals surface area contributed by atoms with E-state index in [0.29, 0.717) is 4.99 Å². The smallest absolute Gasteiger partial charge is 0.320 e. The van der Waals surface area contributed by atoms with Crippen LogP contribution in [0.25, 0.3) is 0 Å². The molecule has 0 aromatic rings. The van der Waals surface area contributed by atoms with Crippen LogP contribution in [0.3, 0.4) is 0 Å². The monoisotopic (exact) mass is 230 g/mol. The van der Waals surface area contributed by atoms with Crippen molar-refractivity contribution in [2.24, 2.45) is 11.1 Å². The summed E-state index contributed by atoms with van der Waals surface area (Å²) >= 11 is 5.03. The Morgan fingerprint density at radius 2 is 2.00 bits per heavy atom. The molecule has 0 radical (unpaired) electrons. The molecule has 1 atom stereocenters. The predicted molar refractivity (Wildman–Crippen MR) is 62.8 cm³/mol. The number of hydrogen-bond donors (Lipinski definition) is 2. The van der Waals surface area contributed by atoms with Crippen molar-refractivity contribution >= 4 is 23.2 Å². The van der Waals surface area contributed by atoms with Gasteiger partial charge in [0.1, 0.15) is 6.04 Å². The molecule has 0 amide bonds. The third-order valence-electron chi connectivity index (χ3n) is 3.40. The molecule has 0 bridgehead atoms. The van der Waals surface area contributed by atoms with Crippen LogP contribution in [-0.2, 0) is 4.79 Å². The largest absolute Gasteiger partial charge is 0.480 e. The van der Waals surface area contributed by atoms with Gasteiger partial charge in [-0.2, -0.15) is 0 Å². The number of carboxylic acids is 1. The van der Waals surface area contributed by atoms with Crippen molar-refractivity contribution in [2.45, 2.75) is 32.7 Å². The lowest BCUT2D eigenvalue weighted by Crippen LogP contribution is -2.49. The maximum absolute atomic E-state index is 10.8. The van der Waals surface area contributed by atoms with Crippen LogP contribution in [0.4, 0.5) is 0 Å². The van der Waals surface area contributed by atoms with Gasteiger partial charge in [-0.25, -0.2) is 0 Å². The molecule has 0 aromatic heterocycles. The molecule has 0 aromatic carbocycles. The second-order valence-corrected chi connectivity index (χ2v) is 4.91. The summed E-state index contributed by atoms with van der Waals surface area (Å²) in [5.41, 5.74) is 5.59. The summed E-state index contributed by atoms with van der Waals surface area (Å²) < 4.78 is 0. The second-order valence-electron chi connectivity index (χ2n) is 4.48. The second kappa shape index (κ2) is 4.45. The highest BCUT2D eigenvalue weighted by Crippen LogP contribution is 2.31. The van der Waals surface area contributed by atoms with Gasteiger partial charge in [0.25, 0.3) is 0 Å². The molecule has 86 valence electrons. The van der Waals surface area contributed by atoms with Gasteiger partial charge in [0.05, 0.1) is 4.99 Å². The number of nitrogens with zero attached hydrogens (tertiary/aromatic N) is 1. The van der Waals surface area contributed by atoms with E-state index in [2.05, 4.69) is 6.92 Å². The SMILES string of the molecule is CC(C(=O)O)N1CCC(C)(C(N)=S)CC1. The van der Waals surface area contributed by atoms with E-state index in [-0.39, 0.29) is 5.41 Å². The highest BCUT2D eigenvalue weighted by atomic mass is 32.1. The van der Waals surface area contributed by atoms with Crippen LogP contribution in [0.15, 0.2) is 0 Å². The molecular formula is C10H18N2O2S. The molecule has 1 unspecified atom stereocenters. The minimum atomic E-state index is -0.770. The van der Waals surface area contributed by atoms with Gasteiger partial charge in [-0.15, -0.1) is 0 Å². The molecule has 1 saturated heterocycles. The van der Waals surface area contributed by atoms with Crippen molar-refractivity contribution in [3.63, 3.8) is 0 Å². The van der Waals surface area contributed by atoms with Crippen molar-refractivity contribution in [3.8, 4) is 0 Å². The van der Waals surface area contributed by atoms with E-state index in [1.165, 1.54) is 0 Å². The molecule has 1 aliphatic rings. The van der Waals surface area contributed by atoms with E-state index in [0.717, 1.165) is 25.9 Å². The Hall–Kier alpha value is -0.680. The summed E-state index contributed by atoms with van der Waals surface area (Å²) in [5, 5.41) is 8.88. The van der Waals surface area contributed by atoms with E-state index in [9.17, 15) is 4.79 Å². The number of hydrogen-bond acceptors (Lipinski definition) is 3. The van der Waals surface area contributed by atoms with Gasteiger partial charge in [0.2, 0.25) is 0 Å². The molecule has 15 heavy (non-hydrogen) atoms. The summed E-state index contributed by atoms with van der Waals surface area (Å²) in [6.07, 6.45) is 1.69. The van der Waals surface area contributed by atoms with Crippen molar-refractivity contribution in [1.82, 2.24) is 4.90 Å². The average molecular weight is 230 g/mol. The normalized spacial score (nSPS) is 23.3. The van der Waals surface area contributed by atoms with Gasteiger partial charge in [0.15, 0.2) is 0 Å². The molecule has 0 aliphatic carbocycles. The Balaban J connectivity index is 2.56. The number of piperidine rings is 1. The maximum atomic E-state index is 10.8. The molecule has 1 aliphatic heterocycles. The minimum absolute atomic E-state index is 0.0932. The lowest BCUT2D eigenvalue weighted by atomic mass is 9.80. The van der Waals surface area contributed by atoms with Crippen LogP contribution in [0.5, 0.6) is 0 Å². The number of aliphatic carboxylic acids is 1. The number of carboxylic acid groups (broad SMARTS) is 1. The predicted octanol–water partition coefficient (Wildman–Crippen LogP) is 0.848. The fraction of sp³-hybridized carbons (Fsp3) is 0.800. The van der Waals surface area contributed by atoms with Crippen LogP contribution in [0.1, 0.15) is 26.7 Å². The van der Waals surface area contributed by atoms with Crippen LogP contribution < -0.4 is 5.73 Å². The fourth-order valence-electron chi connectivity index (χ4n) is 1.81. The zero-order valence-corrected chi connectivity index (χ0v) is 10.0. The Bertz CT molecular complexity index is 273. The number of rotatable bonds is 3. The maximum Gasteiger partial charge on any atom is 0.320 e. The van der Waals surface area contributed by atoms with E-state index >= 15 is 0 Å². The Kier molecular flexibility index (Phi) is 3.67. The first kappa shape index (κ1) is 12.4. The third-order valence-corrected chi connectivity index (χ3v) is 3.89. The molecule has 5 heteroatoms. The standard InChI is InChI=1S/C10H18N2O2S/c1-7(8(13)14)12-5-3-10(2,4-6-12)9(11)15/h7H,3-6H2,1-2H3,(H2,11,15)(H,13,14). The first-order chi connectivity index (χ1) is 6.87. The van der Waals surface area contributed by atoms with Crippen molar-refractivity contribution in [1.29, 1.82) is 0 Å². The number of likely N-dealkylation sites (tertiary alicyclic amines) is 1. The zero-order valence-electron chi connectivity index (χ0n) is 9.19. The number of nitrogens with two attached hydrogens (primary N) is 1. The van der Waals surface area contributed by atoms with E-state index in [4.69, 9.17) is 23.1 Å². The topological polar surface area (TPSA) is 66.6 Å². The molecular weight excluding hydrogens is 212 g/mol. The minimum Gasteiger partial charge on any atom is -0.480 e. The molecule has 1 heterocycles. The van der Waals surface area contributed by atoms with Crippen LogP contribution in [0, 0.1) is 5.41 Å². The van der Waals surface area contributed by atoms with E-state index in [1.54, 1.807) is 6.92 Å². The number of carbonyl (C=O) groups is 1. The summed E-state index contributed by atoms with van der Waals surface area (Å²) in [5.74, 6) is -0.770. The van der Waals surface area contributed by atoms with Gasteiger partial charge in [-0.1, -0.05) is 19.1 Å². The summed E-state index contributed by atoms with van der Waals surface area (Å²) in [7, 11) is 0. The lowest BCUT2D eigenvalue weighted by Gasteiger charge is -2.40. The van der Waals surface area contributed by atoms with Crippen LogP contribution in [0.2, 0.25) is 0 Å². The lowest BCUT2D eigenvalue weighted by molar-refractivity contribution is -0.143. The molecule has 0 spiro atoms. The van der Waals surface area contributed by atoms with Crippen LogP contribution in [-0.4, -0.2) is 40.1 Å². The highest BCUT2D eigenvalue weighted by Gasteiger charge is 2.35. The molecule has 3 N–H and O–H groups in total. The zero-order chi connectivity index (χ0) is 11.6. The summed E-state index contributed by atoms with van der Waals surface area (Å²) in [6.45, 7) is 5.27. The molecule has 1 fully saturated rings. The summed E-state index contributed by atoms with van der Waals surface area (Å²) in [6, 6.07) is -0.416. The van der Waals surface area contributed by atoms with Crippen molar-refractivity contribution in [3.05, 3.63) is 0 Å². The average Bonchev–Trinajstić information content (AvgIpc) is 2.17. The van der Waals surface area contributed by atoms with Gasteiger partial charge in [-0.3, -0.25) is 9.69 Å². The Morgan fingerprint density at radius 1 is 1.53 bits per heavy atom. The first-order valence-electron chi connectivity index (χ1n) is 5.13. The highest BCUT2D eigenvalue weighted by molar-refractivity contribution is 7.80. The molecule has 4 nitrogen and oxygen atoms in total. The Morgan fingerprint density at radius 3 is 2.33 bits per heavy atom. The van der Waals surface area contributed by atoms with E-state index < -0.39 is 12.0 Å². The molecule has 1 rings (SSSR count).